The minimum absolute atomic E-state index is 0.110. The highest BCUT2D eigenvalue weighted by atomic mass is 79.9. The molecule has 1 aliphatic carbocycles. The van der Waals surface area contributed by atoms with Crippen molar-refractivity contribution in [2.24, 2.45) is 17.1 Å². The summed E-state index contributed by atoms with van der Waals surface area (Å²) in [5.74, 6) is 0.842. The van der Waals surface area contributed by atoms with Gasteiger partial charge in [-0.3, -0.25) is 0 Å². The molecule has 0 bridgehead atoms. The third kappa shape index (κ3) is 3.42. The van der Waals surface area contributed by atoms with Crippen LogP contribution >= 0.6 is 15.9 Å². The normalized spacial score (nSPS) is 19.0. The van der Waals surface area contributed by atoms with Gasteiger partial charge in [-0.15, -0.1) is 0 Å². The second kappa shape index (κ2) is 6.66. The molecule has 2 nitrogen and oxygen atoms in total. The van der Waals surface area contributed by atoms with E-state index in [0.717, 1.165) is 24.8 Å². The Morgan fingerprint density at radius 3 is 2.48 bits per heavy atom. The van der Waals surface area contributed by atoms with Crippen LogP contribution in [0.3, 0.4) is 0 Å². The van der Waals surface area contributed by atoms with Gasteiger partial charge in [0, 0.05) is 17.7 Å². The van der Waals surface area contributed by atoms with E-state index >= 15 is 0 Å². The molecule has 1 atom stereocenters. The Morgan fingerprint density at radius 1 is 1.33 bits per heavy atom. The number of ether oxygens (including phenoxy) is 1. The molecule has 1 unspecified atom stereocenters. The maximum atomic E-state index is 13.7. The number of nitrogens with two attached hydrogens (primary N) is 1. The van der Waals surface area contributed by atoms with Crippen molar-refractivity contribution in [2.75, 3.05) is 7.11 Å². The summed E-state index contributed by atoms with van der Waals surface area (Å²) < 4.78 is 19.5. The second-order valence-electron chi connectivity index (χ2n) is 6.65. The van der Waals surface area contributed by atoms with Crippen molar-refractivity contribution in [2.45, 2.75) is 52.0 Å². The highest BCUT2D eigenvalue weighted by Crippen LogP contribution is 2.52. The zero-order valence-electron chi connectivity index (χ0n) is 13.1. The fourth-order valence-electron chi connectivity index (χ4n) is 3.83. The van der Waals surface area contributed by atoms with Crippen LogP contribution in [0.15, 0.2) is 16.6 Å². The quantitative estimate of drug-likeness (QED) is 0.785. The van der Waals surface area contributed by atoms with Crippen LogP contribution in [0.5, 0.6) is 5.75 Å². The summed E-state index contributed by atoms with van der Waals surface area (Å²) in [4.78, 5) is 0. The third-order valence-electron chi connectivity index (χ3n) is 4.68. The first-order valence-electron chi connectivity index (χ1n) is 7.68. The summed E-state index contributed by atoms with van der Waals surface area (Å²) in [6, 6.07) is 3.10. The highest BCUT2D eigenvalue weighted by molar-refractivity contribution is 9.10. The van der Waals surface area contributed by atoms with E-state index in [-0.39, 0.29) is 17.3 Å². The van der Waals surface area contributed by atoms with Crippen molar-refractivity contribution in [3.05, 3.63) is 28.0 Å². The Balaban J connectivity index is 2.41. The molecule has 0 radical (unpaired) electrons. The zero-order chi connectivity index (χ0) is 15.6. The van der Waals surface area contributed by atoms with E-state index < -0.39 is 0 Å². The molecule has 0 saturated heterocycles. The van der Waals surface area contributed by atoms with Crippen molar-refractivity contribution < 1.29 is 9.13 Å². The van der Waals surface area contributed by atoms with E-state index in [1.165, 1.54) is 18.9 Å². The molecule has 1 aromatic carbocycles. The molecule has 118 valence electrons. The van der Waals surface area contributed by atoms with Gasteiger partial charge in [0.15, 0.2) is 0 Å². The highest BCUT2D eigenvalue weighted by Gasteiger charge is 2.41. The van der Waals surface area contributed by atoms with Gasteiger partial charge in [0.25, 0.3) is 0 Å². The van der Waals surface area contributed by atoms with Crippen LogP contribution in [0.1, 0.15) is 57.6 Å². The van der Waals surface area contributed by atoms with Gasteiger partial charge >= 0.3 is 0 Å². The van der Waals surface area contributed by atoms with E-state index in [1.807, 2.05) is 0 Å². The van der Waals surface area contributed by atoms with Crippen molar-refractivity contribution in [1.29, 1.82) is 0 Å². The van der Waals surface area contributed by atoms with E-state index in [9.17, 15) is 4.39 Å². The molecule has 2 rings (SSSR count). The summed E-state index contributed by atoms with van der Waals surface area (Å²) in [6.07, 6.45) is 5.84. The molecule has 0 spiro atoms. The Kier molecular flexibility index (Phi) is 5.31. The first-order valence-corrected chi connectivity index (χ1v) is 8.47. The van der Waals surface area contributed by atoms with Gasteiger partial charge in [0.2, 0.25) is 0 Å². The third-order valence-corrected chi connectivity index (χ3v) is 5.29. The number of rotatable bonds is 5. The summed E-state index contributed by atoms with van der Waals surface area (Å²) in [7, 11) is 1.57. The van der Waals surface area contributed by atoms with Gasteiger partial charge in [-0.2, -0.15) is 0 Å². The van der Waals surface area contributed by atoms with Gasteiger partial charge in [-0.05, 0) is 52.6 Å². The average Bonchev–Trinajstić information content (AvgIpc) is 2.89. The number of halogens is 2. The lowest BCUT2D eigenvalue weighted by atomic mass is 9.70. The first-order chi connectivity index (χ1) is 9.89. The van der Waals surface area contributed by atoms with Crippen LogP contribution in [0.2, 0.25) is 0 Å². The monoisotopic (exact) mass is 357 g/mol. The molecule has 2 N–H and O–H groups in total. The lowest BCUT2D eigenvalue weighted by Gasteiger charge is -2.38. The predicted molar refractivity (Wildman–Crippen MR) is 87.9 cm³/mol. The van der Waals surface area contributed by atoms with Crippen LogP contribution in [-0.2, 0) is 0 Å². The van der Waals surface area contributed by atoms with Crippen LogP contribution in [0.4, 0.5) is 4.39 Å². The number of hydrogen-bond donors (Lipinski definition) is 1. The lowest BCUT2D eigenvalue weighted by Crippen LogP contribution is -2.34. The Bertz CT molecular complexity index is 498. The summed E-state index contributed by atoms with van der Waals surface area (Å²) in [5, 5.41) is 0. The molecule has 1 aromatic rings. The molecular formula is C17H25BrFNO. The average molecular weight is 358 g/mol. The fraction of sp³-hybridized carbons (Fsp3) is 0.647. The zero-order valence-corrected chi connectivity index (χ0v) is 14.7. The first kappa shape index (κ1) is 16.8. The Labute approximate surface area is 135 Å². The van der Waals surface area contributed by atoms with Crippen molar-refractivity contribution in [3.63, 3.8) is 0 Å². The minimum atomic E-state index is -0.313. The van der Waals surface area contributed by atoms with E-state index in [4.69, 9.17) is 10.5 Å². The van der Waals surface area contributed by atoms with Crippen molar-refractivity contribution in [1.82, 2.24) is 0 Å². The maximum Gasteiger partial charge on any atom is 0.141 e. The van der Waals surface area contributed by atoms with Crippen molar-refractivity contribution in [3.8, 4) is 5.75 Å². The van der Waals surface area contributed by atoms with Crippen LogP contribution in [-0.4, -0.2) is 7.11 Å². The molecule has 1 fully saturated rings. The molecule has 4 heteroatoms. The maximum absolute atomic E-state index is 13.7. The van der Waals surface area contributed by atoms with Gasteiger partial charge < -0.3 is 10.5 Å². The largest absolute Gasteiger partial charge is 0.496 e. The molecule has 0 heterocycles. The summed E-state index contributed by atoms with van der Waals surface area (Å²) in [6.45, 7) is 4.48. The topological polar surface area (TPSA) is 35.2 Å². The minimum Gasteiger partial charge on any atom is -0.496 e. The standard InChI is InChI=1S/C17H25BrFNO/c1-11(2)10-17(6-4-5-7-17)16(20)12-8-13(18)14(19)9-15(12)21-3/h8-9,11,16H,4-7,10,20H2,1-3H3. The van der Waals surface area contributed by atoms with Crippen molar-refractivity contribution >= 4 is 15.9 Å². The van der Waals surface area contributed by atoms with E-state index in [0.29, 0.717) is 16.1 Å². The Morgan fingerprint density at radius 2 is 1.95 bits per heavy atom. The number of hydrogen-bond acceptors (Lipinski definition) is 2. The molecule has 1 saturated carbocycles. The SMILES string of the molecule is COc1cc(F)c(Br)cc1C(N)C1(CC(C)C)CCCC1. The van der Waals surface area contributed by atoms with Gasteiger partial charge in [-0.1, -0.05) is 26.7 Å². The van der Waals surface area contributed by atoms with Gasteiger partial charge in [-0.25, -0.2) is 4.39 Å². The van der Waals surface area contributed by atoms with Crippen LogP contribution < -0.4 is 10.5 Å². The number of benzene rings is 1. The molecule has 1 aliphatic rings. The van der Waals surface area contributed by atoms with E-state index in [2.05, 4.69) is 29.8 Å². The molecule has 21 heavy (non-hydrogen) atoms. The fourth-order valence-corrected chi connectivity index (χ4v) is 4.19. The predicted octanol–water partition coefficient (Wildman–Crippen LogP) is 5.20. The van der Waals surface area contributed by atoms with Crippen LogP contribution in [0, 0.1) is 17.2 Å². The van der Waals surface area contributed by atoms with Gasteiger partial charge in [0.05, 0.1) is 11.6 Å². The molecule has 0 aliphatic heterocycles. The molecular weight excluding hydrogens is 333 g/mol. The summed E-state index contributed by atoms with van der Waals surface area (Å²) in [5.41, 5.74) is 7.68. The molecule has 0 amide bonds. The van der Waals surface area contributed by atoms with E-state index in [1.54, 1.807) is 13.2 Å². The lowest BCUT2D eigenvalue weighted by molar-refractivity contribution is 0.180. The smallest absolute Gasteiger partial charge is 0.141 e. The van der Waals surface area contributed by atoms with Crippen LogP contribution in [0.25, 0.3) is 0 Å². The number of methoxy groups -OCH3 is 1. The second-order valence-corrected chi connectivity index (χ2v) is 7.51. The summed E-state index contributed by atoms with van der Waals surface area (Å²) >= 11 is 3.27. The molecule has 0 aromatic heterocycles. The Hall–Kier alpha value is -0.610. The van der Waals surface area contributed by atoms with Gasteiger partial charge in [0.1, 0.15) is 11.6 Å².